The first kappa shape index (κ1) is 26.1. The summed E-state index contributed by atoms with van der Waals surface area (Å²) in [6.45, 7) is -2.28. The van der Waals surface area contributed by atoms with Gasteiger partial charge >= 0.3 is 12.1 Å². The molecule has 2 aromatic rings. The highest BCUT2D eigenvalue weighted by Crippen LogP contribution is 2.41. The zero-order valence-corrected chi connectivity index (χ0v) is 30.0. The molecule has 0 bridgehead atoms. The number of sulfonamides is 1. The lowest BCUT2D eigenvalue weighted by molar-refractivity contribution is 0.0595. The average molecular weight is 772 g/mol. The van der Waals surface area contributed by atoms with Crippen LogP contribution in [-0.2, 0) is 21.2 Å². The maximum Gasteiger partial charge on any atom is 0.314 e. The molecule has 1 aliphatic carbocycles. The van der Waals surface area contributed by atoms with Gasteiger partial charge in [-0.15, -0.1) is 0 Å². The fourth-order valence-electron chi connectivity index (χ4n) is 6.33. The van der Waals surface area contributed by atoms with Gasteiger partial charge in [0.15, 0.2) is 0 Å². The van der Waals surface area contributed by atoms with E-state index in [0.717, 1.165) is 0 Å². The number of nitriles is 1. The van der Waals surface area contributed by atoms with Crippen LogP contribution < -0.4 is 36.5 Å². The van der Waals surface area contributed by atoms with Gasteiger partial charge in [0.25, 0.3) is 0 Å². The molecule has 0 spiro atoms. The molecular weight excluding hydrogens is 710 g/mol. The summed E-state index contributed by atoms with van der Waals surface area (Å²) in [5.74, 6) is -0.438. The lowest BCUT2D eigenvalue weighted by atomic mass is 10.0. The van der Waals surface area contributed by atoms with Crippen LogP contribution in [0.25, 0.3) is 0 Å². The van der Waals surface area contributed by atoms with Gasteiger partial charge in [0.2, 0.25) is 10.0 Å². The molecule has 4 atom stereocenters. The van der Waals surface area contributed by atoms with E-state index in [1.165, 1.54) is 5.32 Å². The number of nitrogens with two attached hydrogens (primary N) is 1. The summed E-state index contributed by atoms with van der Waals surface area (Å²) >= 11 is 6.40. The van der Waals surface area contributed by atoms with Crippen LogP contribution in [0.1, 0.15) is 65.3 Å². The number of primary amides is 1. The number of nitrogens with zero attached hydrogens (tertiary/aromatic N) is 3. The lowest BCUT2D eigenvalue weighted by Crippen LogP contribution is -2.54. The van der Waals surface area contributed by atoms with Gasteiger partial charge in [-0.3, -0.25) is 9.80 Å². The van der Waals surface area contributed by atoms with E-state index in [4.69, 9.17) is 43.3 Å². The molecule has 2 aromatic carbocycles. The smallest absolute Gasteiger partial charge is 0.314 e. The Hall–Kier alpha value is -3.69. The summed E-state index contributed by atoms with van der Waals surface area (Å²) < 4.78 is 140. The fraction of sp³-hybridized carbons (Fsp3) is 0.571. The molecule has 0 radical (unpaired) electrons. The second-order valence-corrected chi connectivity index (χ2v) is 14.4. The summed E-state index contributed by atoms with van der Waals surface area (Å²) in [5.41, 5.74) is 6.46. The molecule has 7 N–H and O–H groups in total. The summed E-state index contributed by atoms with van der Waals surface area (Å²) in [5, 5.41) is 18.8. The van der Waals surface area contributed by atoms with Crippen molar-refractivity contribution < 1.29 is 43.9 Å². The molecule has 15 nitrogen and oxygen atoms in total. The monoisotopic (exact) mass is 771 g/mol. The van der Waals surface area contributed by atoms with E-state index in [1.807, 2.05) is 11.8 Å². The van der Waals surface area contributed by atoms with Gasteiger partial charge in [-0.05, 0) is 86.5 Å². The van der Waals surface area contributed by atoms with Crippen molar-refractivity contribution in [2.24, 2.45) is 5.73 Å². The molecule has 5 rings (SSSR count). The van der Waals surface area contributed by atoms with Crippen LogP contribution in [0, 0.1) is 11.3 Å². The highest BCUT2D eigenvalue weighted by molar-refractivity contribution is 7.89. The third kappa shape index (κ3) is 11.2. The van der Waals surface area contributed by atoms with Crippen molar-refractivity contribution in [1.82, 2.24) is 35.8 Å². The molecule has 2 fully saturated rings. The fourth-order valence-corrected chi connectivity index (χ4v) is 7.68. The Balaban J connectivity index is 1.15. The first-order chi connectivity index (χ1) is 29.7. The first-order valence-electron chi connectivity index (χ1n) is 22.6. The van der Waals surface area contributed by atoms with E-state index >= 15 is 0 Å². The van der Waals surface area contributed by atoms with Crippen LogP contribution in [0.15, 0.2) is 41.2 Å². The van der Waals surface area contributed by atoms with E-state index in [1.54, 1.807) is 17.4 Å². The predicted molar refractivity (Wildman–Crippen MR) is 197 cm³/mol. The quantitative estimate of drug-likeness (QED) is 0.129. The molecule has 0 aromatic heterocycles. The third-order valence-electron chi connectivity index (χ3n) is 8.63. The van der Waals surface area contributed by atoms with Crippen molar-refractivity contribution >= 4 is 33.7 Å². The van der Waals surface area contributed by atoms with E-state index < -0.39 is 94.8 Å². The molecule has 0 unspecified atom stereocenters. The second kappa shape index (κ2) is 18.9. The van der Waals surface area contributed by atoms with Crippen molar-refractivity contribution in [3.05, 3.63) is 58.0 Å². The molecular formula is C35H50ClN9O6S. The number of amides is 4. The number of nitrogens with one attached hydrogen (secondary N) is 5. The van der Waals surface area contributed by atoms with Crippen LogP contribution >= 0.6 is 11.6 Å². The molecule has 0 saturated carbocycles. The molecule has 4 amide bonds. The molecule has 3 aliphatic rings. The molecule has 2 aliphatic heterocycles. The van der Waals surface area contributed by atoms with E-state index in [2.05, 4.69) is 26.3 Å². The SMILES string of the molecule is [2H]c1c([2H])c(S(=O)(=O)N[C@H]2CCN(CCOCCNC(=O)NC([2H])([2H])C([2H])([2H])C([2H])([2H])C([2H])([2H])NC(N)=O)C2)c([2H])c([2H])c1O[C@H]1c2cc(Cl)cc(C#N)c2C[C@@H]1N1CCN[C@H](C)C1. The Morgan fingerprint density at radius 1 is 1.13 bits per heavy atom. The highest BCUT2D eigenvalue weighted by atomic mass is 35.5. The van der Waals surface area contributed by atoms with Gasteiger partial charge in [-0.2, -0.15) is 5.26 Å². The Morgan fingerprint density at radius 2 is 1.90 bits per heavy atom. The van der Waals surface area contributed by atoms with Gasteiger partial charge in [-0.1, -0.05) is 11.6 Å². The minimum atomic E-state index is -4.60. The number of carbonyl (C=O) groups excluding carboxylic acids is 2. The summed E-state index contributed by atoms with van der Waals surface area (Å²) in [6, 6.07) is -1.32. The number of ether oxygens (including phenoxy) is 2. The topological polar surface area (TPSA) is 203 Å². The van der Waals surface area contributed by atoms with E-state index in [9.17, 15) is 23.3 Å². The Labute approximate surface area is 327 Å². The van der Waals surface area contributed by atoms with Crippen molar-refractivity contribution in [1.29, 1.82) is 5.26 Å². The van der Waals surface area contributed by atoms with E-state index in [0.29, 0.717) is 62.3 Å². The number of benzene rings is 2. The molecule has 284 valence electrons. The highest BCUT2D eigenvalue weighted by Gasteiger charge is 2.41. The van der Waals surface area contributed by atoms with Crippen LogP contribution in [0.5, 0.6) is 5.75 Å². The molecule has 2 heterocycles. The maximum absolute atomic E-state index is 13.7. The number of urea groups is 2. The summed E-state index contributed by atoms with van der Waals surface area (Å²) in [4.78, 5) is 26.6. The Morgan fingerprint density at radius 3 is 2.63 bits per heavy atom. The minimum absolute atomic E-state index is 0.0952. The summed E-state index contributed by atoms with van der Waals surface area (Å²) in [6.07, 6.45) is -7.57. The maximum atomic E-state index is 13.7. The van der Waals surface area contributed by atoms with Gasteiger partial charge in [0, 0.05) is 80.3 Å². The van der Waals surface area contributed by atoms with Crippen molar-refractivity contribution in [3.8, 4) is 11.8 Å². The number of rotatable bonds is 17. The number of piperazine rings is 1. The zero-order chi connectivity index (χ0) is 47.7. The van der Waals surface area contributed by atoms with Gasteiger partial charge in [0.05, 0.1) is 41.3 Å². The van der Waals surface area contributed by atoms with Crippen LogP contribution in [0.2, 0.25) is 5.02 Å². The Kier molecular flexibility index (Phi) is 9.49. The van der Waals surface area contributed by atoms with E-state index in [-0.39, 0.29) is 43.4 Å². The largest absolute Gasteiger partial charge is 0.484 e. The number of halogens is 1. The number of carbonyl (C=O) groups is 2. The van der Waals surface area contributed by atoms with Crippen LogP contribution in [-0.4, -0.2) is 120 Å². The average Bonchev–Trinajstić information content (AvgIpc) is 3.79. The Bertz CT molecular complexity index is 2230. The van der Waals surface area contributed by atoms with Crippen molar-refractivity contribution in [3.63, 3.8) is 0 Å². The third-order valence-corrected chi connectivity index (χ3v) is 10.2. The van der Waals surface area contributed by atoms with Crippen molar-refractivity contribution in [2.45, 2.75) is 61.6 Å². The number of hydrogen-bond donors (Lipinski definition) is 6. The normalized spacial score (nSPS) is 26.5. The molecule has 2 saturated heterocycles. The number of hydrogen-bond acceptors (Lipinski definition) is 10. The second-order valence-electron chi connectivity index (χ2n) is 12.3. The first-order valence-corrected chi connectivity index (χ1v) is 18.4. The van der Waals surface area contributed by atoms with Gasteiger partial charge < -0.3 is 36.5 Å². The standard InChI is InChI=1S/C35H50ClN9O6S/c1-24-22-45(14-11-39-24)32-20-30-25(21-37)18-26(36)19-31(30)33(32)51-28-4-6-29(7-5-28)52(48,49)43-27-8-13-44(23-27)15-17-50-16-12-42-35(47)41-10-3-2-9-40-34(38)46/h4-7,18-19,24,27,32-33,39,43H,2-3,8-17,20,22-23H2,1H3,(H3,38,40,46)(H2,41,42,47)/t24-,27+,32+,33+/m1/s1/i2D2,3D2,4D,5D,6D,7D,9D2,10D2. The summed E-state index contributed by atoms with van der Waals surface area (Å²) in [7, 11) is -4.60. The lowest BCUT2D eigenvalue weighted by Gasteiger charge is -2.38. The van der Waals surface area contributed by atoms with Crippen molar-refractivity contribution in [2.75, 3.05) is 72.0 Å². The number of fused-ring (bicyclic) bond motifs is 1. The minimum Gasteiger partial charge on any atom is -0.484 e. The number of likely N-dealkylation sites (tertiary alicyclic amines) is 1. The van der Waals surface area contributed by atoms with Gasteiger partial charge in [0.1, 0.15) is 11.9 Å². The predicted octanol–water partition coefficient (Wildman–Crippen LogP) is 1.67. The van der Waals surface area contributed by atoms with Crippen LogP contribution in [0.4, 0.5) is 9.59 Å². The zero-order valence-electron chi connectivity index (χ0n) is 40.4. The van der Waals surface area contributed by atoms with Gasteiger partial charge in [-0.25, -0.2) is 22.7 Å². The molecule has 52 heavy (non-hydrogen) atoms. The van der Waals surface area contributed by atoms with Crippen LogP contribution in [0.3, 0.4) is 0 Å². The molecule has 17 heteroatoms.